The van der Waals surface area contributed by atoms with Crippen LogP contribution in [-0.4, -0.2) is 18.5 Å². The second-order valence-electron chi connectivity index (χ2n) is 4.61. The molecule has 0 spiro atoms. The van der Waals surface area contributed by atoms with Gasteiger partial charge in [-0.15, -0.1) is 0 Å². The van der Waals surface area contributed by atoms with Crippen molar-refractivity contribution < 1.29 is 14.3 Å². The van der Waals surface area contributed by atoms with Crippen LogP contribution in [0.2, 0.25) is 10.0 Å². The predicted octanol–water partition coefficient (Wildman–Crippen LogP) is 4.23. The monoisotopic (exact) mass is 415 g/mol. The Morgan fingerprint density at radius 3 is 2.65 bits per heavy atom. The van der Waals surface area contributed by atoms with Crippen molar-refractivity contribution in [1.29, 1.82) is 0 Å². The van der Waals surface area contributed by atoms with E-state index >= 15 is 0 Å². The third kappa shape index (κ3) is 5.53. The number of carbonyl (C=O) groups is 2. The molecule has 23 heavy (non-hydrogen) atoms. The number of nitrogens with one attached hydrogen (secondary N) is 1. The van der Waals surface area contributed by atoms with Gasteiger partial charge in [0, 0.05) is 16.0 Å². The van der Waals surface area contributed by atoms with E-state index in [-0.39, 0.29) is 10.6 Å². The maximum absolute atomic E-state index is 11.9. The molecule has 7 heteroatoms. The van der Waals surface area contributed by atoms with Gasteiger partial charge in [-0.2, -0.15) is 0 Å². The fourth-order valence-electron chi connectivity index (χ4n) is 1.76. The van der Waals surface area contributed by atoms with Gasteiger partial charge in [0.1, 0.15) is 0 Å². The summed E-state index contributed by atoms with van der Waals surface area (Å²) >= 11 is 15.1. The number of amides is 1. The molecule has 0 heterocycles. The number of benzene rings is 2. The maximum atomic E-state index is 11.9. The number of carbonyl (C=O) groups excluding carboxylic acids is 2. The van der Waals surface area contributed by atoms with Crippen molar-refractivity contribution in [2.45, 2.75) is 6.54 Å². The van der Waals surface area contributed by atoms with Gasteiger partial charge in [0.25, 0.3) is 5.91 Å². The van der Waals surface area contributed by atoms with Crippen molar-refractivity contribution in [2.75, 3.05) is 6.61 Å². The Morgan fingerprint density at radius 2 is 1.91 bits per heavy atom. The van der Waals surface area contributed by atoms with Gasteiger partial charge in [0.05, 0.1) is 10.6 Å². The standard InChI is InChI=1S/C16H12BrCl2NO3/c17-11-3-1-2-10(6-11)8-20-15(21)9-23-16(22)13-7-12(18)4-5-14(13)19/h1-7H,8-9H2,(H,20,21). The second-order valence-corrected chi connectivity index (χ2v) is 6.37. The van der Waals surface area contributed by atoms with Crippen molar-refractivity contribution in [1.82, 2.24) is 5.32 Å². The van der Waals surface area contributed by atoms with E-state index < -0.39 is 18.5 Å². The summed E-state index contributed by atoms with van der Waals surface area (Å²) < 4.78 is 5.86. The summed E-state index contributed by atoms with van der Waals surface area (Å²) in [5.74, 6) is -1.11. The quantitative estimate of drug-likeness (QED) is 0.742. The fraction of sp³-hybridized carbons (Fsp3) is 0.125. The number of hydrogen-bond acceptors (Lipinski definition) is 3. The Balaban J connectivity index is 1.84. The zero-order valence-corrected chi connectivity index (χ0v) is 14.9. The topological polar surface area (TPSA) is 55.4 Å². The third-order valence-corrected chi connectivity index (χ3v) is 3.92. The Bertz CT molecular complexity index is 737. The molecule has 2 rings (SSSR count). The molecular formula is C16H12BrCl2NO3. The zero-order valence-electron chi connectivity index (χ0n) is 11.8. The van der Waals surface area contributed by atoms with E-state index in [0.717, 1.165) is 10.0 Å². The minimum Gasteiger partial charge on any atom is -0.452 e. The van der Waals surface area contributed by atoms with Crippen LogP contribution >= 0.6 is 39.1 Å². The predicted molar refractivity (Wildman–Crippen MR) is 92.7 cm³/mol. The number of esters is 1. The summed E-state index contributed by atoms with van der Waals surface area (Å²) in [5, 5.41) is 3.24. The molecule has 4 nitrogen and oxygen atoms in total. The zero-order chi connectivity index (χ0) is 16.8. The average Bonchev–Trinajstić information content (AvgIpc) is 2.53. The highest BCUT2D eigenvalue weighted by Crippen LogP contribution is 2.21. The molecule has 0 aliphatic rings. The molecule has 0 saturated carbocycles. The van der Waals surface area contributed by atoms with Gasteiger partial charge in [-0.3, -0.25) is 4.79 Å². The highest BCUT2D eigenvalue weighted by atomic mass is 79.9. The molecular weight excluding hydrogens is 405 g/mol. The molecule has 120 valence electrons. The van der Waals surface area contributed by atoms with E-state index in [0.29, 0.717) is 11.6 Å². The maximum Gasteiger partial charge on any atom is 0.340 e. The Hall–Kier alpha value is -1.56. The Kier molecular flexibility index (Phi) is 6.45. The molecule has 2 aromatic rings. The third-order valence-electron chi connectivity index (χ3n) is 2.86. The number of rotatable bonds is 5. The van der Waals surface area contributed by atoms with Crippen molar-refractivity contribution in [3.05, 3.63) is 68.1 Å². The summed E-state index contributed by atoms with van der Waals surface area (Å²) in [6.45, 7) is -0.0522. The van der Waals surface area contributed by atoms with E-state index in [9.17, 15) is 9.59 Å². The van der Waals surface area contributed by atoms with E-state index in [1.165, 1.54) is 12.1 Å². The molecule has 0 radical (unpaired) electrons. The van der Waals surface area contributed by atoms with Gasteiger partial charge in [0.15, 0.2) is 6.61 Å². The molecule has 0 aliphatic heterocycles. The lowest BCUT2D eigenvalue weighted by Gasteiger charge is -2.08. The molecule has 0 aliphatic carbocycles. The van der Waals surface area contributed by atoms with Crippen LogP contribution in [0.4, 0.5) is 0 Å². The SMILES string of the molecule is O=C(COC(=O)c1cc(Cl)ccc1Cl)NCc1cccc(Br)c1. The van der Waals surface area contributed by atoms with Crippen molar-refractivity contribution in [3.8, 4) is 0 Å². The van der Waals surface area contributed by atoms with Crippen LogP contribution in [0, 0.1) is 0 Å². The number of ether oxygens (including phenoxy) is 1. The summed E-state index contributed by atoms with van der Waals surface area (Å²) in [5.41, 5.74) is 1.05. The fourth-order valence-corrected chi connectivity index (χ4v) is 2.57. The molecule has 0 atom stereocenters. The van der Waals surface area contributed by atoms with Gasteiger partial charge in [-0.05, 0) is 35.9 Å². The molecule has 1 N–H and O–H groups in total. The Labute approximate surface area is 151 Å². The van der Waals surface area contributed by atoms with E-state index in [1.807, 2.05) is 24.3 Å². The minimum atomic E-state index is -0.699. The lowest BCUT2D eigenvalue weighted by atomic mass is 10.2. The van der Waals surface area contributed by atoms with E-state index in [2.05, 4.69) is 21.2 Å². The molecule has 0 bridgehead atoms. The molecule has 0 aromatic heterocycles. The minimum absolute atomic E-state index is 0.124. The highest BCUT2D eigenvalue weighted by Gasteiger charge is 2.14. The lowest BCUT2D eigenvalue weighted by Crippen LogP contribution is -2.28. The molecule has 0 saturated heterocycles. The first-order chi connectivity index (χ1) is 11.0. The van der Waals surface area contributed by atoms with Crippen LogP contribution in [0.3, 0.4) is 0 Å². The smallest absolute Gasteiger partial charge is 0.340 e. The van der Waals surface area contributed by atoms with Crippen LogP contribution in [0.25, 0.3) is 0 Å². The summed E-state index contributed by atoms with van der Waals surface area (Å²) in [4.78, 5) is 23.6. The van der Waals surface area contributed by atoms with Crippen LogP contribution in [0.5, 0.6) is 0 Å². The van der Waals surface area contributed by atoms with Crippen LogP contribution in [0.1, 0.15) is 15.9 Å². The van der Waals surface area contributed by atoms with Gasteiger partial charge in [-0.25, -0.2) is 4.79 Å². The van der Waals surface area contributed by atoms with Gasteiger partial charge in [-0.1, -0.05) is 51.3 Å². The summed E-state index contributed by atoms with van der Waals surface area (Å²) in [6, 6.07) is 12.0. The van der Waals surface area contributed by atoms with Crippen molar-refractivity contribution in [2.24, 2.45) is 0 Å². The summed E-state index contributed by atoms with van der Waals surface area (Å²) in [7, 11) is 0. The number of halogens is 3. The van der Waals surface area contributed by atoms with Gasteiger partial charge in [0.2, 0.25) is 0 Å². The highest BCUT2D eigenvalue weighted by molar-refractivity contribution is 9.10. The first kappa shape index (κ1) is 17.8. The van der Waals surface area contributed by atoms with Crippen molar-refractivity contribution in [3.63, 3.8) is 0 Å². The van der Waals surface area contributed by atoms with Crippen molar-refractivity contribution >= 4 is 51.0 Å². The molecule has 0 fully saturated rings. The second kappa shape index (κ2) is 8.34. The molecule has 0 unspecified atom stereocenters. The largest absolute Gasteiger partial charge is 0.452 e. The first-order valence-electron chi connectivity index (χ1n) is 6.59. The molecule has 1 amide bonds. The van der Waals surface area contributed by atoms with Gasteiger partial charge < -0.3 is 10.1 Å². The average molecular weight is 417 g/mol. The lowest BCUT2D eigenvalue weighted by molar-refractivity contribution is -0.124. The van der Waals surface area contributed by atoms with E-state index in [4.69, 9.17) is 27.9 Å². The first-order valence-corrected chi connectivity index (χ1v) is 8.14. The summed E-state index contributed by atoms with van der Waals surface area (Å²) in [6.07, 6.45) is 0. The Morgan fingerprint density at radius 1 is 1.13 bits per heavy atom. The van der Waals surface area contributed by atoms with Crippen LogP contribution < -0.4 is 5.32 Å². The number of hydrogen-bond donors (Lipinski definition) is 1. The molecule has 2 aromatic carbocycles. The van der Waals surface area contributed by atoms with Crippen LogP contribution in [0.15, 0.2) is 46.9 Å². The normalized spacial score (nSPS) is 10.2. The van der Waals surface area contributed by atoms with Crippen LogP contribution in [-0.2, 0) is 16.1 Å². The van der Waals surface area contributed by atoms with Gasteiger partial charge >= 0.3 is 5.97 Å². The van der Waals surface area contributed by atoms with E-state index in [1.54, 1.807) is 6.07 Å².